The third-order valence-electron chi connectivity index (χ3n) is 4.30. The lowest BCUT2D eigenvalue weighted by Crippen LogP contribution is -2.12. The zero-order chi connectivity index (χ0) is 15.6. The first kappa shape index (κ1) is 15.0. The highest BCUT2D eigenvalue weighted by molar-refractivity contribution is 7.91. The van der Waals surface area contributed by atoms with Crippen molar-refractivity contribution in [3.05, 3.63) is 59.7 Å². The predicted molar refractivity (Wildman–Crippen MR) is 84.7 cm³/mol. The molecule has 1 aliphatic rings. The summed E-state index contributed by atoms with van der Waals surface area (Å²) in [6.07, 6.45) is 4.34. The van der Waals surface area contributed by atoms with Crippen molar-refractivity contribution in [1.82, 2.24) is 0 Å². The minimum Gasteiger partial charge on any atom is -0.303 e. The first-order valence-corrected chi connectivity index (χ1v) is 8.98. The van der Waals surface area contributed by atoms with Crippen LogP contribution in [0.5, 0.6) is 0 Å². The third kappa shape index (κ3) is 2.71. The van der Waals surface area contributed by atoms with Gasteiger partial charge in [0.25, 0.3) is 0 Å². The number of sulfone groups is 1. The fourth-order valence-corrected chi connectivity index (χ4v) is 4.49. The number of aldehydes is 1. The second-order valence-corrected chi connectivity index (χ2v) is 7.62. The molecule has 1 aliphatic carbocycles. The topological polar surface area (TPSA) is 51.2 Å². The molecule has 22 heavy (non-hydrogen) atoms. The Balaban J connectivity index is 2.02. The van der Waals surface area contributed by atoms with E-state index in [4.69, 9.17) is 0 Å². The van der Waals surface area contributed by atoms with Crippen LogP contribution >= 0.6 is 0 Å². The fourth-order valence-electron chi connectivity index (χ4n) is 3.16. The number of rotatable bonds is 4. The van der Waals surface area contributed by atoms with Gasteiger partial charge in [0.2, 0.25) is 9.84 Å². The van der Waals surface area contributed by atoms with Crippen molar-refractivity contribution in [3.63, 3.8) is 0 Å². The van der Waals surface area contributed by atoms with E-state index in [1.54, 1.807) is 42.5 Å². The Hall–Kier alpha value is -1.94. The molecular weight excluding hydrogens is 296 g/mol. The summed E-state index contributed by atoms with van der Waals surface area (Å²) in [6.45, 7) is 0. The minimum atomic E-state index is -3.47. The maximum absolute atomic E-state index is 12.7. The summed E-state index contributed by atoms with van der Waals surface area (Å²) in [5, 5.41) is 0. The second kappa shape index (κ2) is 6.05. The van der Waals surface area contributed by atoms with Crippen LogP contribution in [0.1, 0.15) is 36.3 Å². The van der Waals surface area contributed by atoms with Gasteiger partial charge in [0.05, 0.1) is 9.79 Å². The summed E-state index contributed by atoms with van der Waals surface area (Å²) in [5.74, 6) is 0.231. The van der Waals surface area contributed by atoms with Crippen molar-refractivity contribution in [2.24, 2.45) is 0 Å². The van der Waals surface area contributed by atoms with Gasteiger partial charge in [0.1, 0.15) is 6.29 Å². The van der Waals surface area contributed by atoms with Crippen LogP contribution in [0.25, 0.3) is 0 Å². The van der Waals surface area contributed by atoms with Gasteiger partial charge in [-0.1, -0.05) is 24.3 Å². The van der Waals surface area contributed by atoms with Crippen LogP contribution in [-0.2, 0) is 21.1 Å². The Morgan fingerprint density at radius 2 is 1.82 bits per heavy atom. The molecule has 0 spiro atoms. The predicted octanol–water partition coefficient (Wildman–Crippen LogP) is 3.53. The summed E-state index contributed by atoms with van der Waals surface area (Å²) in [4.78, 5) is 11.5. The van der Waals surface area contributed by atoms with Gasteiger partial charge in [-0.05, 0) is 60.6 Å². The SMILES string of the molecule is O=CCC1CCCc2cc(S(=O)(=O)c3ccccc3)ccc21. The van der Waals surface area contributed by atoms with E-state index in [-0.39, 0.29) is 5.92 Å². The molecule has 114 valence electrons. The lowest BCUT2D eigenvalue weighted by atomic mass is 9.81. The molecule has 3 nitrogen and oxygen atoms in total. The Bertz CT molecular complexity index is 779. The van der Waals surface area contributed by atoms with Crippen molar-refractivity contribution in [3.8, 4) is 0 Å². The molecule has 1 atom stereocenters. The highest BCUT2D eigenvalue weighted by atomic mass is 32.2. The molecule has 0 radical (unpaired) electrons. The monoisotopic (exact) mass is 314 g/mol. The number of fused-ring (bicyclic) bond motifs is 1. The molecule has 0 saturated heterocycles. The lowest BCUT2D eigenvalue weighted by Gasteiger charge is -2.24. The average molecular weight is 314 g/mol. The molecule has 0 fully saturated rings. The smallest absolute Gasteiger partial charge is 0.206 e. The summed E-state index contributed by atoms with van der Waals surface area (Å²) < 4.78 is 25.3. The quantitative estimate of drug-likeness (QED) is 0.811. The van der Waals surface area contributed by atoms with Crippen LogP contribution in [0.4, 0.5) is 0 Å². The maximum atomic E-state index is 12.7. The van der Waals surface area contributed by atoms with Gasteiger partial charge in [0, 0.05) is 6.42 Å². The highest BCUT2D eigenvalue weighted by Gasteiger charge is 2.23. The Morgan fingerprint density at radius 3 is 2.55 bits per heavy atom. The summed E-state index contributed by atoms with van der Waals surface area (Å²) in [6, 6.07) is 13.8. The van der Waals surface area contributed by atoms with Gasteiger partial charge < -0.3 is 4.79 Å². The van der Waals surface area contributed by atoms with Gasteiger partial charge in [-0.3, -0.25) is 0 Å². The molecule has 0 amide bonds. The zero-order valence-electron chi connectivity index (χ0n) is 12.2. The van der Waals surface area contributed by atoms with Crippen LogP contribution in [0.2, 0.25) is 0 Å². The van der Waals surface area contributed by atoms with E-state index in [9.17, 15) is 13.2 Å². The summed E-state index contributed by atoms with van der Waals surface area (Å²) >= 11 is 0. The maximum Gasteiger partial charge on any atom is 0.206 e. The molecule has 0 heterocycles. The molecule has 0 N–H and O–H groups in total. The van der Waals surface area contributed by atoms with E-state index in [1.165, 1.54) is 0 Å². The molecule has 0 bridgehead atoms. The lowest BCUT2D eigenvalue weighted by molar-refractivity contribution is -0.108. The molecule has 0 saturated carbocycles. The van der Waals surface area contributed by atoms with Crippen molar-refractivity contribution in [2.45, 2.75) is 41.4 Å². The minimum absolute atomic E-state index is 0.231. The van der Waals surface area contributed by atoms with Crippen molar-refractivity contribution in [1.29, 1.82) is 0 Å². The van der Waals surface area contributed by atoms with Gasteiger partial charge in [0.15, 0.2) is 0 Å². The largest absolute Gasteiger partial charge is 0.303 e. The van der Waals surface area contributed by atoms with Gasteiger partial charge >= 0.3 is 0 Å². The average Bonchev–Trinajstić information content (AvgIpc) is 2.56. The summed E-state index contributed by atoms with van der Waals surface area (Å²) in [5.41, 5.74) is 2.19. The number of hydrogen-bond donors (Lipinski definition) is 0. The van der Waals surface area contributed by atoms with Crippen molar-refractivity contribution in [2.75, 3.05) is 0 Å². The molecule has 0 aromatic heterocycles. The summed E-state index contributed by atoms with van der Waals surface area (Å²) in [7, 11) is -3.47. The Labute approximate surface area is 130 Å². The highest BCUT2D eigenvalue weighted by Crippen LogP contribution is 2.35. The van der Waals surface area contributed by atoms with Crippen molar-refractivity contribution >= 4 is 16.1 Å². The molecule has 4 heteroatoms. The molecule has 2 aromatic carbocycles. The number of aryl methyl sites for hydroxylation is 1. The van der Waals surface area contributed by atoms with E-state index in [0.29, 0.717) is 16.2 Å². The normalized spacial score (nSPS) is 17.7. The number of benzene rings is 2. The number of carbonyl (C=O) groups excluding carboxylic acids is 1. The Kier molecular flexibility index (Phi) is 4.12. The van der Waals surface area contributed by atoms with Gasteiger partial charge in [-0.2, -0.15) is 0 Å². The van der Waals surface area contributed by atoms with E-state index in [0.717, 1.165) is 36.7 Å². The van der Waals surface area contributed by atoms with E-state index in [1.807, 2.05) is 6.07 Å². The van der Waals surface area contributed by atoms with Crippen LogP contribution in [0.3, 0.4) is 0 Å². The second-order valence-electron chi connectivity index (χ2n) is 5.67. The molecule has 0 aliphatic heterocycles. The first-order valence-electron chi connectivity index (χ1n) is 7.49. The van der Waals surface area contributed by atoms with Crippen molar-refractivity contribution < 1.29 is 13.2 Å². The van der Waals surface area contributed by atoms with Crippen LogP contribution in [-0.4, -0.2) is 14.7 Å². The number of hydrogen-bond acceptors (Lipinski definition) is 3. The molecule has 2 aromatic rings. The Morgan fingerprint density at radius 1 is 1.05 bits per heavy atom. The molecule has 3 rings (SSSR count). The third-order valence-corrected chi connectivity index (χ3v) is 6.06. The van der Waals surface area contributed by atoms with Gasteiger partial charge in [-0.15, -0.1) is 0 Å². The van der Waals surface area contributed by atoms with Crippen LogP contribution in [0.15, 0.2) is 58.3 Å². The van der Waals surface area contributed by atoms with Crippen LogP contribution < -0.4 is 0 Å². The number of carbonyl (C=O) groups is 1. The van der Waals surface area contributed by atoms with Gasteiger partial charge in [-0.25, -0.2) is 8.42 Å². The van der Waals surface area contributed by atoms with E-state index in [2.05, 4.69) is 0 Å². The molecular formula is C18H18O3S. The fraction of sp³-hybridized carbons (Fsp3) is 0.278. The van der Waals surface area contributed by atoms with Crippen LogP contribution in [0, 0.1) is 0 Å². The van der Waals surface area contributed by atoms with E-state index >= 15 is 0 Å². The first-order chi connectivity index (χ1) is 10.6. The standard InChI is InChI=1S/C18H18O3S/c19-12-11-14-5-4-6-15-13-17(9-10-18(14)15)22(20,21)16-7-2-1-3-8-16/h1-3,7-10,12-14H,4-6,11H2. The molecule has 1 unspecified atom stereocenters. The van der Waals surface area contributed by atoms with E-state index < -0.39 is 9.84 Å². The zero-order valence-corrected chi connectivity index (χ0v) is 13.1.